The molecule has 1 aromatic carbocycles. The van der Waals surface area contributed by atoms with Crippen LogP contribution in [0.5, 0.6) is 0 Å². The van der Waals surface area contributed by atoms with Gasteiger partial charge in [0.05, 0.1) is 0 Å². The number of aliphatic hydroxyl groups is 1. The minimum atomic E-state index is -0.701. The van der Waals surface area contributed by atoms with E-state index in [1.807, 2.05) is 42.6 Å². The normalized spacial score (nSPS) is 13.1. The van der Waals surface area contributed by atoms with E-state index in [4.69, 9.17) is 4.42 Å². The van der Waals surface area contributed by atoms with Crippen LogP contribution in [0, 0.1) is 6.92 Å². The van der Waals surface area contributed by atoms with Crippen molar-refractivity contribution in [2.24, 2.45) is 0 Å². The summed E-state index contributed by atoms with van der Waals surface area (Å²) in [5, 5.41) is 13.3. The largest absolute Gasteiger partial charge is 0.458 e. The summed E-state index contributed by atoms with van der Waals surface area (Å²) in [4.78, 5) is 0.874. The van der Waals surface area contributed by atoms with Crippen LogP contribution in [0.4, 0.5) is 0 Å². The van der Waals surface area contributed by atoms with E-state index >= 15 is 0 Å². The van der Waals surface area contributed by atoms with Crippen molar-refractivity contribution in [3.05, 3.63) is 56.4 Å². The van der Waals surface area contributed by atoms with E-state index in [0.29, 0.717) is 5.76 Å². The Morgan fingerprint density at radius 3 is 2.83 bits per heavy atom. The fourth-order valence-corrected chi connectivity index (χ4v) is 3.41. The average molecular weight is 323 g/mol. The maximum absolute atomic E-state index is 10.3. The van der Waals surface area contributed by atoms with Gasteiger partial charge < -0.3 is 9.52 Å². The van der Waals surface area contributed by atoms with Crippen LogP contribution >= 0.6 is 27.3 Å². The maximum atomic E-state index is 10.3. The zero-order valence-electron chi connectivity index (χ0n) is 9.68. The minimum absolute atomic E-state index is 0.591. The first kappa shape index (κ1) is 12.0. The summed E-state index contributed by atoms with van der Waals surface area (Å²) in [5.74, 6) is 0.591. The van der Waals surface area contributed by atoms with E-state index < -0.39 is 6.10 Å². The molecule has 2 aromatic heterocycles. The lowest BCUT2D eigenvalue weighted by Crippen LogP contribution is -1.93. The number of furan rings is 1. The zero-order chi connectivity index (χ0) is 12.7. The number of para-hydroxylation sites is 1. The third-order valence-electron chi connectivity index (χ3n) is 2.89. The Morgan fingerprint density at radius 1 is 1.33 bits per heavy atom. The molecule has 0 saturated heterocycles. The fourth-order valence-electron chi connectivity index (χ4n) is 1.98. The summed E-state index contributed by atoms with van der Waals surface area (Å²) in [5.41, 5.74) is 1.93. The molecular formula is C14H11BrO2S. The Morgan fingerprint density at radius 2 is 2.17 bits per heavy atom. The number of fused-ring (bicyclic) bond motifs is 1. The second kappa shape index (κ2) is 4.53. The van der Waals surface area contributed by atoms with Crippen molar-refractivity contribution in [1.29, 1.82) is 0 Å². The first-order valence-corrected chi connectivity index (χ1v) is 7.23. The van der Waals surface area contributed by atoms with Gasteiger partial charge in [-0.2, -0.15) is 0 Å². The quantitative estimate of drug-likeness (QED) is 0.745. The molecule has 2 nitrogen and oxygen atoms in total. The number of benzene rings is 1. The molecule has 92 valence electrons. The lowest BCUT2D eigenvalue weighted by Gasteiger charge is -2.03. The molecular weight excluding hydrogens is 312 g/mol. The first-order chi connectivity index (χ1) is 8.65. The molecule has 0 amide bonds. The summed E-state index contributed by atoms with van der Waals surface area (Å²) in [6, 6.07) is 9.80. The van der Waals surface area contributed by atoms with Crippen molar-refractivity contribution in [3.63, 3.8) is 0 Å². The highest BCUT2D eigenvalue weighted by Gasteiger charge is 2.17. The molecule has 0 aliphatic carbocycles. The van der Waals surface area contributed by atoms with Crippen molar-refractivity contribution < 1.29 is 9.52 Å². The number of thiophene rings is 1. The maximum Gasteiger partial charge on any atom is 0.146 e. The van der Waals surface area contributed by atoms with Crippen LogP contribution in [-0.4, -0.2) is 5.11 Å². The molecule has 0 spiro atoms. The van der Waals surface area contributed by atoms with Crippen LogP contribution in [0.1, 0.15) is 22.3 Å². The van der Waals surface area contributed by atoms with Gasteiger partial charge in [-0.1, -0.05) is 18.2 Å². The predicted molar refractivity (Wildman–Crippen MR) is 77.0 cm³/mol. The highest BCUT2D eigenvalue weighted by atomic mass is 79.9. The van der Waals surface area contributed by atoms with Gasteiger partial charge in [-0.25, -0.2) is 0 Å². The summed E-state index contributed by atoms with van der Waals surface area (Å²) in [6.45, 7) is 2.00. The van der Waals surface area contributed by atoms with Gasteiger partial charge in [0.2, 0.25) is 0 Å². The summed E-state index contributed by atoms with van der Waals surface area (Å²) < 4.78 is 6.75. The van der Waals surface area contributed by atoms with Crippen LogP contribution in [0.15, 0.2) is 44.6 Å². The number of hydrogen-bond acceptors (Lipinski definition) is 3. The van der Waals surface area contributed by atoms with Crippen LogP contribution in [0.3, 0.4) is 0 Å². The molecule has 3 aromatic rings. The van der Waals surface area contributed by atoms with Crippen molar-refractivity contribution in [1.82, 2.24) is 0 Å². The van der Waals surface area contributed by atoms with Gasteiger partial charge in [0.15, 0.2) is 0 Å². The van der Waals surface area contributed by atoms with Crippen LogP contribution in [0.25, 0.3) is 11.0 Å². The van der Waals surface area contributed by atoms with Crippen molar-refractivity contribution in [2.45, 2.75) is 13.0 Å². The summed E-state index contributed by atoms with van der Waals surface area (Å²) in [7, 11) is 0. The SMILES string of the molecule is Cc1cccc2cc(C(O)c3cc(Br)cs3)oc12. The lowest BCUT2D eigenvalue weighted by atomic mass is 10.1. The van der Waals surface area contributed by atoms with Gasteiger partial charge in [-0.3, -0.25) is 0 Å². The van der Waals surface area contributed by atoms with Gasteiger partial charge >= 0.3 is 0 Å². The molecule has 1 N–H and O–H groups in total. The summed E-state index contributed by atoms with van der Waals surface area (Å²) >= 11 is 4.90. The molecule has 0 saturated carbocycles. The third kappa shape index (κ3) is 2.00. The van der Waals surface area contributed by atoms with Gasteiger partial charge in [0.1, 0.15) is 17.4 Å². The average Bonchev–Trinajstić information content (AvgIpc) is 2.95. The number of rotatable bonds is 2. The molecule has 4 heteroatoms. The second-order valence-electron chi connectivity index (χ2n) is 4.21. The summed E-state index contributed by atoms with van der Waals surface area (Å²) in [6.07, 6.45) is -0.701. The lowest BCUT2D eigenvalue weighted by molar-refractivity contribution is 0.196. The Balaban J connectivity index is 2.06. The Labute approximate surface area is 117 Å². The molecule has 0 aliphatic heterocycles. The first-order valence-electron chi connectivity index (χ1n) is 5.56. The molecule has 3 rings (SSSR count). The third-order valence-corrected chi connectivity index (χ3v) is 4.63. The zero-order valence-corrected chi connectivity index (χ0v) is 12.1. The molecule has 18 heavy (non-hydrogen) atoms. The van der Waals surface area contributed by atoms with Crippen molar-refractivity contribution in [3.8, 4) is 0 Å². The van der Waals surface area contributed by atoms with E-state index in [0.717, 1.165) is 25.9 Å². The van der Waals surface area contributed by atoms with E-state index in [9.17, 15) is 5.11 Å². The topological polar surface area (TPSA) is 33.4 Å². The molecule has 0 radical (unpaired) electrons. The molecule has 1 atom stereocenters. The molecule has 1 unspecified atom stereocenters. The van der Waals surface area contributed by atoms with E-state index in [-0.39, 0.29) is 0 Å². The van der Waals surface area contributed by atoms with Crippen LogP contribution in [0.2, 0.25) is 0 Å². The number of hydrogen-bond donors (Lipinski definition) is 1. The highest BCUT2D eigenvalue weighted by molar-refractivity contribution is 9.10. The molecule has 2 heterocycles. The Kier molecular flexibility index (Phi) is 3.01. The number of aryl methyl sites for hydroxylation is 1. The Bertz CT molecular complexity index is 699. The smallest absolute Gasteiger partial charge is 0.146 e. The minimum Gasteiger partial charge on any atom is -0.458 e. The fraction of sp³-hybridized carbons (Fsp3) is 0.143. The van der Waals surface area contributed by atoms with Gasteiger partial charge in [0, 0.05) is 20.1 Å². The Hall–Kier alpha value is -1.10. The van der Waals surface area contributed by atoms with Gasteiger partial charge in [-0.05, 0) is 40.5 Å². The van der Waals surface area contributed by atoms with Crippen LogP contribution in [-0.2, 0) is 0 Å². The second-order valence-corrected chi connectivity index (χ2v) is 6.07. The van der Waals surface area contributed by atoms with Crippen LogP contribution < -0.4 is 0 Å². The van der Waals surface area contributed by atoms with Gasteiger partial charge in [-0.15, -0.1) is 11.3 Å². The molecule has 0 fully saturated rings. The van der Waals surface area contributed by atoms with Crippen molar-refractivity contribution in [2.75, 3.05) is 0 Å². The highest BCUT2D eigenvalue weighted by Crippen LogP contribution is 2.33. The number of halogens is 1. The molecule has 0 bridgehead atoms. The van der Waals surface area contributed by atoms with E-state index in [1.54, 1.807) is 0 Å². The van der Waals surface area contributed by atoms with Gasteiger partial charge in [0.25, 0.3) is 0 Å². The molecule has 0 aliphatic rings. The van der Waals surface area contributed by atoms with Crippen molar-refractivity contribution >= 4 is 38.2 Å². The van der Waals surface area contributed by atoms with E-state index in [2.05, 4.69) is 15.9 Å². The predicted octanol–water partition coefficient (Wildman–Crippen LogP) is 4.65. The van der Waals surface area contributed by atoms with E-state index in [1.165, 1.54) is 11.3 Å². The number of aliphatic hydroxyl groups excluding tert-OH is 1. The monoisotopic (exact) mass is 322 g/mol. The standard InChI is InChI=1S/C14H11BrO2S/c1-8-3-2-4-9-5-11(17-14(8)9)13(16)12-6-10(15)7-18-12/h2-7,13,16H,1H3.